The molecule has 0 fully saturated rings. The van der Waals surface area contributed by atoms with Gasteiger partial charge in [-0.3, -0.25) is 24.3 Å². The summed E-state index contributed by atoms with van der Waals surface area (Å²) in [7, 11) is 1.48. The van der Waals surface area contributed by atoms with E-state index in [1.165, 1.54) is 19.2 Å². The standard InChI is InChI=1S/C26H23N3O6/c1-16-12-13-21(34-2)20(14-16)27-25(32)23(17-8-4-3-5-9-17)35-22(30)15-29-26(33)19-11-7-6-10-18(19)24(31)28-29/h3-14,23H,15H2,1-2H3,(H,27,32)(H,28,31). The van der Waals surface area contributed by atoms with Crippen LogP contribution in [-0.2, 0) is 20.9 Å². The maximum atomic E-state index is 13.2. The van der Waals surface area contributed by atoms with Gasteiger partial charge in [0, 0.05) is 5.56 Å². The van der Waals surface area contributed by atoms with Crippen LogP contribution in [0.5, 0.6) is 5.75 Å². The number of aryl methyl sites for hydroxylation is 1. The summed E-state index contributed by atoms with van der Waals surface area (Å²) in [5.74, 6) is -1.03. The first-order valence-corrected chi connectivity index (χ1v) is 10.8. The summed E-state index contributed by atoms with van der Waals surface area (Å²) in [5.41, 5.74) is 0.683. The van der Waals surface area contributed by atoms with Gasteiger partial charge >= 0.3 is 5.97 Å². The van der Waals surface area contributed by atoms with Crippen LogP contribution in [0.3, 0.4) is 0 Å². The smallest absolute Gasteiger partial charge is 0.328 e. The van der Waals surface area contributed by atoms with Gasteiger partial charge in [-0.2, -0.15) is 0 Å². The van der Waals surface area contributed by atoms with E-state index in [1.807, 2.05) is 13.0 Å². The van der Waals surface area contributed by atoms with E-state index in [9.17, 15) is 19.2 Å². The van der Waals surface area contributed by atoms with Crippen molar-refractivity contribution in [3.63, 3.8) is 0 Å². The van der Waals surface area contributed by atoms with Gasteiger partial charge in [0.05, 0.1) is 23.6 Å². The zero-order chi connectivity index (χ0) is 24.9. The molecule has 0 aliphatic heterocycles. The zero-order valence-corrected chi connectivity index (χ0v) is 19.1. The number of aromatic amines is 1. The number of carbonyl (C=O) groups is 2. The molecule has 2 N–H and O–H groups in total. The summed E-state index contributed by atoms with van der Waals surface area (Å²) in [4.78, 5) is 51.1. The fraction of sp³-hybridized carbons (Fsp3) is 0.154. The number of H-pyrrole nitrogens is 1. The highest BCUT2D eigenvalue weighted by molar-refractivity contribution is 5.97. The van der Waals surface area contributed by atoms with Crippen molar-refractivity contribution >= 4 is 28.3 Å². The maximum absolute atomic E-state index is 13.2. The number of aromatic nitrogens is 2. The highest BCUT2D eigenvalue weighted by Crippen LogP contribution is 2.27. The number of ether oxygens (including phenoxy) is 2. The van der Waals surface area contributed by atoms with Crippen molar-refractivity contribution in [2.45, 2.75) is 19.6 Å². The number of rotatable bonds is 7. The van der Waals surface area contributed by atoms with Crippen molar-refractivity contribution in [3.8, 4) is 5.75 Å². The van der Waals surface area contributed by atoms with E-state index in [-0.39, 0.29) is 10.8 Å². The lowest BCUT2D eigenvalue weighted by atomic mass is 10.1. The Morgan fingerprint density at radius 3 is 2.37 bits per heavy atom. The molecule has 3 aromatic carbocycles. The average Bonchev–Trinajstić information content (AvgIpc) is 2.86. The minimum Gasteiger partial charge on any atom is -0.495 e. The molecule has 4 aromatic rings. The number of esters is 1. The van der Waals surface area contributed by atoms with Gasteiger partial charge < -0.3 is 14.8 Å². The predicted molar refractivity (Wildman–Crippen MR) is 130 cm³/mol. The molecule has 0 spiro atoms. The van der Waals surface area contributed by atoms with Gasteiger partial charge in [-0.15, -0.1) is 0 Å². The number of fused-ring (bicyclic) bond motifs is 1. The Kier molecular flexibility index (Phi) is 6.77. The van der Waals surface area contributed by atoms with Gasteiger partial charge in [0.2, 0.25) is 6.10 Å². The quantitative estimate of drug-likeness (QED) is 0.398. The predicted octanol–water partition coefficient (Wildman–Crippen LogP) is 2.93. The molecule has 4 rings (SSSR count). The van der Waals surface area contributed by atoms with E-state index in [1.54, 1.807) is 54.6 Å². The molecule has 0 saturated carbocycles. The minimum atomic E-state index is -1.31. The normalized spacial score (nSPS) is 11.6. The van der Waals surface area contributed by atoms with E-state index in [4.69, 9.17) is 9.47 Å². The molecule has 0 aliphatic carbocycles. The van der Waals surface area contributed by atoms with Crippen LogP contribution in [0.25, 0.3) is 10.8 Å². The largest absolute Gasteiger partial charge is 0.495 e. The van der Waals surface area contributed by atoms with Gasteiger partial charge in [0.15, 0.2) is 0 Å². The molecule has 0 saturated heterocycles. The number of nitrogens with zero attached hydrogens (tertiary/aromatic N) is 1. The van der Waals surface area contributed by atoms with Crippen molar-refractivity contribution in [2.24, 2.45) is 0 Å². The van der Waals surface area contributed by atoms with Crippen molar-refractivity contribution in [3.05, 3.63) is 105 Å². The number of methoxy groups -OCH3 is 1. The molecule has 9 nitrogen and oxygen atoms in total. The molecule has 1 aromatic heterocycles. The molecular weight excluding hydrogens is 450 g/mol. The zero-order valence-electron chi connectivity index (χ0n) is 19.1. The molecule has 1 unspecified atom stereocenters. The first kappa shape index (κ1) is 23.5. The van der Waals surface area contributed by atoms with Crippen LogP contribution < -0.4 is 21.2 Å². The highest BCUT2D eigenvalue weighted by atomic mass is 16.5. The van der Waals surface area contributed by atoms with Crippen LogP contribution in [0.4, 0.5) is 5.69 Å². The number of hydrogen-bond acceptors (Lipinski definition) is 6. The lowest BCUT2D eigenvalue weighted by Crippen LogP contribution is -2.34. The topological polar surface area (TPSA) is 119 Å². The summed E-state index contributed by atoms with van der Waals surface area (Å²) in [6.45, 7) is 1.29. The summed E-state index contributed by atoms with van der Waals surface area (Å²) in [5, 5.41) is 5.52. The second-order valence-electron chi connectivity index (χ2n) is 7.85. The molecule has 0 radical (unpaired) electrons. The van der Waals surface area contributed by atoms with Gasteiger partial charge in [-0.25, -0.2) is 4.68 Å². The molecule has 9 heteroatoms. The number of amides is 1. The van der Waals surface area contributed by atoms with Gasteiger partial charge in [0.1, 0.15) is 12.3 Å². The Hall–Kier alpha value is -4.66. The maximum Gasteiger partial charge on any atom is 0.328 e. The molecule has 1 heterocycles. The van der Waals surface area contributed by atoms with Crippen LogP contribution in [0.1, 0.15) is 17.2 Å². The Labute approximate surface area is 199 Å². The monoisotopic (exact) mass is 473 g/mol. The van der Waals surface area contributed by atoms with Crippen LogP contribution in [-0.4, -0.2) is 28.8 Å². The van der Waals surface area contributed by atoms with Crippen molar-refractivity contribution in [1.82, 2.24) is 9.78 Å². The third kappa shape index (κ3) is 5.14. The fourth-order valence-corrected chi connectivity index (χ4v) is 3.67. The number of hydrogen-bond donors (Lipinski definition) is 2. The van der Waals surface area contributed by atoms with Gasteiger partial charge in [0.25, 0.3) is 17.0 Å². The molecular formula is C26H23N3O6. The Morgan fingerprint density at radius 2 is 1.66 bits per heavy atom. The van der Waals surface area contributed by atoms with Gasteiger partial charge in [-0.05, 0) is 36.8 Å². The van der Waals surface area contributed by atoms with Crippen LogP contribution in [0, 0.1) is 6.92 Å². The van der Waals surface area contributed by atoms with E-state index >= 15 is 0 Å². The number of benzene rings is 3. The molecule has 178 valence electrons. The summed E-state index contributed by atoms with van der Waals surface area (Å²) in [6, 6.07) is 20.1. The van der Waals surface area contributed by atoms with Crippen LogP contribution >= 0.6 is 0 Å². The molecule has 0 aliphatic rings. The van der Waals surface area contributed by atoms with E-state index in [0.717, 1.165) is 10.2 Å². The first-order valence-electron chi connectivity index (χ1n) is 10.8. The molecule has 1 atom stereocenters. The third-order valence-electron chi connectivity index (χ3n) is 5.37. The second-order valence-corrected chi connectivity index (χ2v) is 7.85. The second kappa shape index (κ2) is 10.1. The highest BCUT2D eigenvalue weighted by Gasteiger charge is 2.26. The van der Waals surface area contributed by atoms with E-state index < -0.39 is 35.6 Å². The van der Waals surface area contributed by atoms with Crippen molar-refractivity contribution in [1.29, 1.82) is 0 Å². The van der Waals surface area contributed by atoms with Crippen molar-refractivity contribution in [2.75, 3.05) is 12.4 Å². The molecule has 35 heavy (non-hydrogen) atoms. The van der Waals surface area contributed by atoms with Crippen LogP contribution in [0.2, 0.25) is 0 Å². The Bertz CT molecular complexity index is 1510. The fourth-order valence-electron chi connectivity index (χ4n) is 3.67. The van der Waals surface area contributed by atoms with Gasteiger partial charge in [-0.1, -0.05) is 48.5 Å². The Balaban J connectivity index is 1.61. The summed E-state index contributed by atoms with van der Waals surface area (Å²) in [6.07, 6.45) is -1.31. The first-order chi connectivity index (χ1) is 16.9. The van der Waals surface area contributed by atoms with E-state index in [2.05, 4.69) is 10.4 Å². The molecule has 1 amide bonds. The summed E-state index contributed by atoms with van der Waals surface area (Å²) >= 11 is 0. The summed E-state index contributed by atoms with van der Waals surface area (Å²) < 4.78 is 11.7. The van der Waals surface area contributed by atoms with Crippen LogP contribution in [0.15, 0.2) is 82.4 Å². The number of nitrogens with one attached hydrogen (secondary N) is 2. The Morgan fingerprint density at radius 1 is 0.971 bits per heavy atom. The van der Waals surface area contributed by atoms with E-state index in [0.29, 0.717) is 17.0 Å². The molecule has 0 bridgehead atoms. The number of carbonyl (C=O) groups excluding carboxylic acids is 2. The lowest BCUT2D eigenvalue weighted by Gasteiger charge is -2.19. The van der Waals surface area contributed by atoms with Crippen molar-refractivity contribution < 1.29 is 19.1 Å². The SMILES string of the molecule is COc1ccc(C)cc1NC(=O)C(OC(=O)Cn1[nH]c(=O)c2ccccc2c1=O)c1ccccc1. The average molecular weight is 473 g/mol. The lowest BCUT2D eigenvalue weighted by molar-refractivity contribution is -0.155. The third-order valence-corrected chi connectivity index (χ3v) is 5.37. The number of anilines is 1. The minimum absolute atomic E-state index is 0.174.